The van der Waals surface area contributed by atoms with E-state index < -0.39 is 14.6 Å². The Hall–Kier alpha value is -0.353. The smallest absolute Gasteiger partial charge is 0.337 e. The zero-order valence-electron chi connectivity index (χ0n) is 10.0. The highest BCUT2D eigenvalue weighted by Crippen LogP contribution is 2.30. The zero-order chi connectivity index (χ0) is 11.3. The molecule has 0 bridgehead atoms. The number of rotatable bonds is 5. The molecule has 88 valence electrons. The van der Waals surface area contributed by atoms with Crippen molar-refractivity contribution in [1.29, 1.82) is 0 Å². The van der Waals surface area contributed by atoms with Gasteiger partial charge in [-0.05, 0) is 32.4 Å². The molecule has 3 nitrogen and oxygen atoms in total. The van der Waals surface area contributed by atoms with Gasteiger partial charge in [0.05, 0.1) is 6.61 Å². The number of unbranched alkanes of at least 4 members (excludes halogenated alkanes) is 1. The van der Waals surface area contributed by atoms with Crippen LogP contribution in [0.15, 0.2) is 0 Å². The van der Waals surface area contributed by atoms with Gasteiger partial charge >= 0.3 is 5.97 Å². The first-order valence-electron chi connectivity index (χ1n) is 5.96. The first-order chi connectivity index (χ1) is 7.10. The maximum absolute atomic E-state index is 11.8. The van der Waals surface area contributed by atoms with Crippen molar-refractivity contribution >= 4 is 15.0 Å². The van der Waals surface area contributed by atoms with Gasteiger partial charge in [-0.15, -0.1) is 0 Å². The van der Waals surface area contributed by atoms with E-state index in [0.29, 0.717) is 6.61 Å². The average molecular weight is 230 g/mol. The summed E-state index contributed by atoms with van der Waals surface area (Å²) in [4.78, 5) is 11.8. The van der Waals surface area contributed by atoms with Crippen LogP contribution >= 0.6 is 0 Å². The number of hydrogen-bond donors (Lipinski definition) is 0. The Morgan fingerprint density at radius 3 is 2.80 bits per heavy atom. The highest BCUT2D eigenvalue weighted by atomic mass is 28.3. The maximum Gasteiger partial charge on any atom is 0.337 e. The van der Waals surface area contributed by atoms with Crippen LogP contribution in [-0.4, -0.2) is 27.2 Å². The molecule has 1 aliphatic heterocycles. The van der Waals surface area contributed by atoms with E-state index in [1.807, 2.05) is 0 Å². The van der Waals surface area contributed by atoms with Gasteiger partial charge in [-0.2, -0.15) is 0 Å². The fourth-order valence-electron chi connectivity index (χ4n) is 2.06. The predicted octanol–water partition coefficient (Wildman–Crippen LogP) is 2.25. The lowest BCUT2D eigenvalue weighted by molar-refractivity contribution is -0.171. The van der Waals surface area contributed by atoms with E-state index in [9.17, 15) is 4.79 Å². The summed E-state index contributed by atoms with van der Waals surface area (Å²) in [6, 6.07) is 0. The highest BCUT2D eigenvalue weighted by Gasteiger charge is 2.42. The first kappa shape index (κ1) is 12.7. The molecule has 0 N–H and O–H groups in total. The van der Waals surface area contributed by atoms with Crippen LogP contribution in [-0.2, 0) is 14.0 Å². The van der Waals surface area contributed by atoms with E-state index in [1.165, 1.54) is 0 Å². The minimum atomic E-state index is -1.19. The van der Waals surface area contributed by atoms with Crippen LogP contribution in [0.5, 0.6) is 0 Å². The normalized spacial score (nSPS) is 26.8. The standard InChI is InChI=1S/C11H22O3Si/c1-4-5-7-11(14-15(2)3)8-6-9-13-10(11)12/h15H,4-9H2,1-3H3. The largest absolute Gasteiger partial charge is 0.464 e. The first-order valence-corrected chi connectivity index (χ1v) is 8.74. The summed E-state index contributed by atoms with van der Waals surface area (Å²) in [6.45, 7) is 6.91. The maximum atomic E-state index is 11.8. The Bertz CT molecular complexity index is 218. The summed E-state index contributed by atoms with van der Waals surface area (Å²) in [5.74, 6) is -0.122. The number of hydrogen-bond acceptors (Lipinski definition) is 3. The van der Waals surface area contributed by atoms with Crippen molar-refractivity contribution in [2.24, 2.45) is 0 Å². The van der Waals surface area contributed by atoms with Gasteiger partial charge in [0.25, 0.3) is 0 Å². The lowest BCUT2D eigenvalue weighted by atomic mass is 9.90. The molecule has 1 heterocycles. The van der Waals surface area contributed by atoms with Gasteiger partial charge in [-0.25, -0.2) is 4.79 Å². The van der Waals surface area contributed by atoms with Crippen LogP contribution < -0.4 is 0 Å². The molecule has 0 spiro atoms. The summed E-state index contributed by atoms with van der Waals surface area (Å²) in [5, 5.41) is 0. The van der Waals surface area contributed by atoms with Crippen molar-refractivity contribution in [2.75, 3.05) is 6.61 Å². The van der Waals surface area contributed by atoms with Crippen molar-refractivity contribution < 1.29 is 14.0 Å². The summed E-state index contributed by atoms with van der Waals surface area (Å²) in [5.41, 5.74) is -0.589. The third kappa shape index (κ3) is 3.31. The number of carbonyl (C=O) groups excluding carboxylic acids is 1. The summed E-state index contributed by atoms with van der Waals surface area (Å²) < 4.78 is 11.1. The SMILES string of the molecule is CCCCC1(O[SiH](C)C)CCCOC1=O. The topological polar surface area (TPSA) is 35.5 Å². The molecule has 1 atom stereocenters. The Morgan fingerprint density at radius 2 is 2.27 bits per heavy atom. The number of ether oxygens (including phenoxy) is 1. The molecule has 0 aromatic rings. The van der Waals surface area contributed by atoms with E-state index in [-0.39, 0.29) is 5.97 Å². The van der Waals surface area contributed by atoms with Gasteiger partial charge < -0.3 is 9.16 Å². The Morgan fingerprint density at radius 1 is 1.53 bits per heavy atom. The zero-order valence-corrected chi connectivity index (χ0v) is 11.2. The number of carbonyl (C=O) groups is 1. The minimum Gasteiger partial charge on any atom is -0.464 e. The van der Waals surface area contributed by atoms with Crippen molar-refractivity contribution in [1.82, 2.24) is 0 Å². The van der Waals surface area contributed by atoms with Gasteiger partial charge in [0.15, 0.2) is 14.6 Å². The molecule has 1 aliphatic rings. The van der Waals surface area contributed by atoms with Gasteiger partial charge in [0.1, 0.15) is 0 Å². The molecule has 0 aliphatic carbocycles. The minimum absolute atomic E-state index is 0.122. The molecule has 1 rings (SSSR count). The summed E-state index contributed by atoms with van der Waals surface area (Å²) >= 11 is 0. The molecule has 1 fully saturated rings. The van der Waals surface area contributed by atoms with Crippen LogP contribution in [0.2, 0.25) is 13.1 Å². The molecule has 0 amide bonds. The molecule has 0 aromatic carbocycles. The van der Waals surface area contributed by atoms with E-state index >= 15 is 0 Å². The van der Waals surface area contributed by atoms with Crippen molar-refractivity contribution in [3.05, 3.63) is 0 Å². The lowest BCUT2D eigenvalue weighted by Gasteiger charge is -2.36. The molecule has 4 heteroatoms. The second-order valence-electron chi connectivity index (χ2n) is 4.50. The van der Waals surface area contributed by atoms with Crippen LogP contribution in [0.1, 0.15) is 39.0 Å². The Labute approximate surface area is 93.9 Å². The van der Waals surface area contributed by atoms with Crippen LogP contribution in [0, 0.1) is 0 Å². The van der Waals surface area contributed by atoms with Crippen LogP contribution in [0.25, 0.3) is 0 Å². The van der Waals surface area contributed by atoms with Crippen molar-refractivity contribution in [3.63, 3.8) is 0 Å². The van der Waals surface area contributed by atoms with Gasteiger partial charge in [0, 0.05) is 0 Å². The van der Waals surface area contributed by atoms with Gasteiger partial charge in [0.2, 0.25) is 0 Å². The molecule has 0 saturated carbocycles. The molecule has 0 radical (unpaired) electrons. The molecule has 1 saturated heterocycles. The van der Waals surface area contributed by atoms with Crippen LogP contribution in [0.3, 0.4) is 0 Å². The summed E-state index contributed by atoms with van der Waals surface area (Å²) in [7, 11) is -1.19. The average Bonchev–Trinajstić information content (AvgIpc) is 2.18. The molecule has 1 unspecified atom stereocenters. The van der Waals surface area contributed by atoms with Crippen LogP contribution in [0.4, 0.5) is 0 Å². The van der Waals surface area contributed by atoms with Gasteiger partial charge in [-0.3, -0.25) is 0 Å². The second kappa shape index (κ2) is 5.65. The van der Waals surface area contributed by atoms with E-state index in [2.05, 4.69) is 20.0 Å². The fourth-order valence-corrected chi connectivity index (χ4v) is 3.30. The lowest BCUT2D eigenvalue weighted by Crippen LogP contribution is -2.48. The number of cyclic esters (lactones) is 1. The number of esters is 1. The third-order valence-electron chi connectivity index (χ3n) is 2.73. The summed E-state index contributed by atoms with van der Waals surface area (Å²) in [6.07, 6.45) is 4.75. The predicted molar refractivity (Wildman–Crippen MR) is 62.4 cm³/mol. The van der Waals surface area contributed by atoms with Crippen molar-refractivity contribution in [2.45, 2.75) is 57.7 Å². The van der Waals surface area contributed by atoms with E-state index in [4.69, 9.17) is 9.16 Å². The van der Waals surface area contributed by atoms with E-state index in [1.54, 1.807) is 0 Å². The molecular weight excluding hydrogens is 208 g/mol. The van der Waals surface area contributed by atoms with E-state index in [0.717, 1.165) is 32.1 Å². The fraction of sp³-hybridized carbons (Fsp3) is 0.909. The monoisotopic (exact) mass is 230 g/mol. The van der Waals surface area contributed by atoms with Crippen molar-refractivity contribution in [3.8, 4) is 0 Å². The molecule has 0 aromatic heterocycles. The highest BCUT2D eigenvalue weighted by molar-refractivity contribution is 6.48. The Balaban J connectivity index is 2.68. The molecular formula is C11H22O3Si. The quantitative estimate of drug-likeness (QED) is 0.537. The van der Waals surface area contributed by atoms with Gasteiger partial charge in [-0.1, -0.05) is 19.8 Å². The second-order valence-corrected chi connectivity index (χ2v) is 6.84. The Kier molecular flexibility index (Phi) is 4.79. The molecule has 15 heavy (non-hydrogen) atoms. The third-order valence-corrected chi connectivity index (χ3v) is 3.65.